The highest BCUT2D eigenvalue weighted by atomic mass is 32.1. The van der Waals surface area contributed by atoms with Gasteiger partial charge in [-0.2, -0.15) is 0 Å². The van der Waals surface area contributed by atoms with E-state index < -0.39 is 5.82 Å². The Morgan fingerprint density at radius 3 is 2.52 bits per heavy atom. The summed E-state index contributed by atoms with van der Waals surface area (Å²) in [6.07, 6.45) is 8.94. The molecule has 44 heavy (non-hydrogen) atoms. The topological polar surface area (TPSA) is 101 Å². The van der Waals surface area contributed by atoms with Crippen LogP contribution in [0.25, 0.3) is 16.0 Å². The van der Waals surface area contributed by atoms with E-state index >= 15 is 0 Å². The van der Waals surface area contributed by atoms with Gasteiger partial charge < -0.3 is 10.1 Å². The zero-order chi connectivity index (χ0) is 31.1. The van der Waals surface area contributed by atoms with Crippen LogP contribution in [0.4, 0.5) is 10.1 Å². The molecule has 6 rings (SSSR count). The summed E-state index contributed by atoms with van der Waals surface area (Å²) in [4.78, 5) is 26.8. The van der Waals surface area contributed by atoms with E-state index in [1.54, 1.807) is 23.5 Å². The molecule has 8 nitrogen and oxygen atoms in total. The summed E-state index contributed by atoms with van der Waals surface area (Å²) >= 11 is 1.74. The lowest BCUT2D eigenvalue weighted by atomic mass is 9.97. The summed E-state index contributed by atoms with van der Waals surface area (Å²) in [6.45, 7) is 10.9. The molecular formula is C34H39FN6O2S. The van der Waals surface area contributed by atoms with Crippen LogP contribution in [-0.2, 0) is 21.4 Å². The maximum atomic E-state index is 14.2. The summed E-state index contributed by atoms with van der Waals surface area (Å²) < 4.78 is 19.8. The lowest BCUT2D eigenvalue weighted by molar-refractivity contribution is -0.116. The molecular weight excluding hydrogens is 575 g/mol. The lowest BCUT2D eigenvalue weighted by Gasteiger charge is -2.14. The highest BCUT2D eigenvalue weighted by molar-refractivity contribution is 7.15. The summed E-state index contributed by atoms with van der Waals surface area (Å²) in [5.41, 5.74) is 10.7. The van der Waals surface area contributed by atoms with Gasteiger partial charge in [0, 0.05) is 41.8 Å². The van der Waals surface area contributed by atoms with Crippen LogP contribution < -0.4 is 16.2 Å². The first-order valence-corrected chi connectivity index (χ1v) is 15.9. The van der Waals surface area contributed by atoms with Crippen LogP contribution in [-0.4, -0.2) is 27.6 Å². The van der Waals surface area contributed by atoms with Crippen molar-refractivity contribution in [2.75, 3.05) is 12.0 Å². The van der Waals surface area contributed by atoms with E-state index in [0.29, 0.717) is 24.3 Å². The molecule has 2 aliphatic rings. The van der Waals surface area contributed by atoms with E-state index in [9.17, 15) is 9.18 Å². The average molecular weight is 615 g/mol. The quantitative estimate of drug-likeness (QED) is 0.172. The van der Waals surface area contributed by atoms with Gasteiger partial charge in [-0.05, 0) is 36.5 Å². The van der Waals surface area contributed by atoms with E-state index in [0.717, 1.165) is 46.8 Å². The fourth-order valence-electron chi connectivity index (χ4n) is 4.72. The molecule has 1 aliphatic carbocycles. The molecule has 230 valence electrons. The number of aromatic nitrogens is 3. The van der Waals surface area contributed by atoms with Gasteiger partial charge in [0.2, 0.25) is 5.91 Å². The molecule has 1 saturated carbocycles. The van der Waals surface area contributed by atoms with E-state index in [1.165, 1.54) is 23.9 Å². The van der Waals surface area contributed by atoms with Crippen molar-refractivity contribution in [1.29, 1.82) is 0 Å². The third kappa shape index (κ3) is 7.44. The third-order valence-electron chi connectivity index (χ3n) is 7.74. The number of hydrogen-bond donors (Lipinski definition) is 3. The maximum Gasteiger partial charge on any atom is 0.224 e. The Morgan fingerprint density at radius 2 is 1.89 bits per heavy atom. The number of carbonyl (C=O) groups is 1. The largest absolute Gasteiger partial charge is 0.340 e. The number of hydrogen-bond acceptors (Lipinski definition) is 8. The third-order valence-corrected chi connectivity index (χ3v) is 9.17. The molecule has 0 spiro atoms. The maximum absolute atomic E-state index is 14.2. The molecule has 2 fully saturated rings. The molecule has 3 heterocycles. The summed E-state index contributed by atoms with van der Waals surface area (Å²) in [5, 5.41) is 3.88. The number of benzene rings is 2. The first-order chi connectivity index (χ1) is 21.3. The Hall–Kier alpha value is -3.83. The molecule has 1 saturated heterocycles. The van der Waals surface area contributed by atoms with Crippen molar-refractivity contribution >= 4 is 28.5 Å². The zero-order valence-corrected chi connectivity index (χ0v) is 26.3. The first-order valence-electron chi connectivity index (χ1n) is 15.1. The van der Waals surface area contributed by atoms with Crippen LogP contribution >= 0.6 is 11.3 Å². The van der Waals surface area contributed by atoms with E-state index in [2.05, 4.69) is 46.6 Å². The number of hydrazine groups is 1. The van der Waals surface area contributed by atoms with Gasteiger partial charge >= 0.3 is 0 Å². The first kappa shape index (κ1) is 31.6. The molecule has 1 aliphatic heterocycles. The SMILES string of the molecule is C=C(c1ccccc1)c1cccc(F)c1NC(=O)CCCC.CCc1ncc(-c2sc(C3(C)CC3)nc2C2NNCO2)cn1. The molecule has 4 aromatic rings. The van der Waals surface area contributed by atoms with Crippen molar-refractivity contribution in [3.63, 3.8) is 0 Å². The number of nitrogens with zero attached hydrogens (tertiary/aromatic N) is 3. The average Bonchev–Trinajstić information content (AvgIpc) is 3.40. The number of rotatable bonds is 10. The Bertz CT molecular complexity index is 1580. The highest BCUT2D eigenvalue weighted by Gasteiger charge is 2.43. The molecule has 3 N–H and O–H groups in total. The van der Waals surface area contributed by atoms with Crippen LogP contribution in [0.1, 0.15) is 86.8 Å². The predicted octanol–water partition coefficient (Wildman–Crippen LogP) is 7.31. The van der Waals surface area contributed by atoms with Gasteiger partial charge in [0.25, 0.3) is 0 Å². The van der Waals surface area contributed by atoms with Crippen molar-refractivity contribution in [3.05, 3.63) is 101 Å². The number of nitrogens with one attached hydrogen (secondary N) is 3. The standard InChI is InChI=1S/C19H20FNO.C15H19N5OS/c1-3-4-13-18(22)21-19-16(11-8-12-17(19)20)14(2)15-9-6-5-7-10-15;1-3-10-16-6-9(7-17-10)12-11(13-20-18-8-21-13)19-14(22-12)15(2)4-5-15/h5-12H,2-4,13H2,1H3,(H,21,22);6-7,13,18,20H,3-5,8H2,1-2H3. The van der Waals surface area contributed by atoms with Crippen LogP contribution in [0.5, 0.6) is 0 Å². The molecule has 1 unspecified atom stereocenters. The highest BCUT2D eigenvalue weighted by Crippen LogP contribution is 2.51. The smallest absolute Gasteiger partial charge is 0.224 e. The van der Waals surface area contributed by atoms with Gasteiger partial charge in [0.1, 0.15) is 24.1 Å². The number of amides is 1. The second kappa shape index (κ2) is 14.3. The van der Waals surface area contributed by atoms with Crippen LogP contribution in [0, 0.1) is 5.82 Å². The molecule has 0 bridgehead atoms. The van der Waals surface area contributed by atoms with Gasteiger partial charge in [-0.1, -0.05) is 76.2 Å². The van der Waals surface area contributed by atoms with Crippen LogP contribution in [0.15, 0.2) is 67.5 Å². The van der Waals surface area contributed by atoms with Gasteiger partial charge in [0.05, 0.1) is 15.6 Å². The van der Waals surface area contributed by atoms with Crippen molar-refractivity contribution in [1.82, 2.24) is 25.8 Å². The number of thiazole rings is 1. The Kier molecular flexibility index (Phi) is 10.3. The van der Waals surface area contributed by atoms with Crippen molar-refractivity contribution in [3.8, 4) is 10.4 Å². The Labute approximate surface area is 262 Å². The van der Waals surface area contributed by atoms with E-state index in [-0.39, 0.29) is 23.2 Å². The predicted molar refractivity (Wildman–Crippen MR) is 173 cm³/mol. The Morgan fingerprint density at radius 1 is 1.14 bits per heavy atom. The number of carbonyl (C=O) groups excluding carboxylic acids is 1. The minimum Gasteiger partial charge on any atom is -0.340 e. The van der Waals surface area contributed by atoms with Gasteiger partial charge in [-0.15, -0.1) is 11.3 Å². The minimum atomic E-state index is -0.445. The zero-order valence-electron chi connectivity index (χ0n) is 25.5. The normalized spacial score (nSPS) is 16.6. The van der Waals surface area contributed by atoms with Crippen molar-refractivity contribution in [2.45, 2.75) is 70.9 Å². The fourth-order valence-corrected chi connectivity index (χ4v) is 5.98. The number of unbranched alkanes of at least 4 members (excludes halogenated alkanes) is 1. The number of ether oxygens (including phenoxy) is 1. The van der Waals surface area contributed by atoms with Gasteiger partial charge in [-0.3, -0.25) is 4.79 Å². The monoisotopic (exact) mass is 614 g/mol. The summed E-state index contributed by atoms with van der Waals surface area (Å²) in [6, 6.07) is 14.3. The number of anilines is 1. The summed E-state index contributed by atoms with van der Waals surface area (Å²) in [5.74, 6) is 0.245. The molecule has 10 heteroatoms. The number of para-hydroxylation sites is 1. The second-order valence-corrected chi connectivity index (χ2v) is 12.2. The minimum absolute atomic E-state index is 0.172. The van der Waals surface area contributed by atoms with Gasteiger partial charge in [-0.25, -0.2) is 30.2 Å². The van der Waals surface area contributed by atoms with Crippen molar-refractivity contribution < 1.29 is 13.9 Å². The van der Waals surface area contributed by atoms with E-state index in [1.807, 2.05) is 49.6 Å². The molecule has 2 aromatic heterocycles. The molecule has 2 aromatic carbocycles. The van der Waals surface area contributed by atoms with Gasteiger partial charge in [0.15, 0.2) is 6.23 Å². The second-order valence-electron chi connectivity index (χ2n) is 11.2. The molecule has 1 atom stereocenters. The van der Waals surface area contributed by atoms with E-state index in [4.69, 9.17) is 9.72 Å². The van der Waals surface area contributed by atoms with Crippen LogP contribution in [0.2, 0.25) is 0 Å². The number of halogens is 1. The van der Waals surface area contributed by atoms with Crippen molar-refractivity contribution in [2.24, 2.45) is 0 Å². The molecule has 1 amide bonds. The molecule has 0 radical (unpaired) electrons. The fraction of sp³-hybridized carbons (Fsp3) is 0.353. The number of aryl methyl sites for hydroxylation is 1. The van der Waals surface area contributed by atoms with Crippen LogP contribution in [0.3, 0.4) is 0 Å². The lowest BCUT2D eigenvalue weighted by Crippen LogP contribution is -2.25. The summed E-state index contributed by atoms with van der Waals surface area (Å²) in [7, 11) is 0. The Balaban J connectivity index is 0.000000175.